The predicted molar refractivity (Wildman–Crippen MR) is 117 cm³/mol. The third kappa shape index (κ3) is 4.15. The van der Waals surface area contributed by atoms with Gasteiger partial charge < -0.3 is 5.32 Å². The first-order valence-electron chi connectivity index (χ1n) is 11.4. The molecule has 30 heavy (non-hydrogen) atoms. The van der Waals surface area contributed by atoms with E-state index in [1.165, 1.54) is 29.5 Å². The smallest absolute Gasteiger partial charge is 0.220 e. The Kier molecular flexibility index (Phi) is 5.36. The molecule has 1 saturated carbocycles. The van der Waals surface area contributed by atoms with Gasteiger partial charge in [-0.15, -0.1) is 0 Å². The Labute approximate surface area is 178 Å². The Balaban J connectivity index is 1.24. The van der Waals surface area contributed by atoms with Crippen molar-refractivity contribution in [2.45, 2.75) is 56.4 Å². The lowest BCUT2D eigenvalue weighted by Crippen LogP contribution is -2.41. The Hall–Kier alpha value is -2.20. The van der Waals surface area contributed by atoms with Gasteiger partial charge >= 0.3 is 0 Å². The quantitative estimate of drug-likeness (QED) is 0.750. The lowest BCUT2D eigenvalue weighted by atomic mass is 9.73. The molecule has 2 aliphatic carbocycles. The molecule has 2 aromatic carbocycles. The van der Waals surface area contributed by atoms with E-state index >= 15 is 0 Å². The zero-order valence-electron chi connectivity index (χ0n) is 17.6. The summed E-state index contributed by atoms with van der Waals surface area (Å²) in [7, 11) is 0. The van der Waals surface area contributed by atoms with Crippen molar-refractivity contribution in [3.05, 3.63) is 71.0 Å². The number of nitrogens with zero attached hydrogens (tertiary/aromatic N) is 1. The molecule has 158 valence electrons. The normalized spacial score (nSPS) is 22.8. The van der Waals surface area contributed by atoms with E-state index in [0.717, 1.165) is 51.4 Å². The molecule has 1 heterocycles. The number of fused-ring (bicyclic) bond motifs is 2. The Morgan fingerprint density at radius 2 is 1.80 bits per heavy atom. The van der Waals surface area contributed by atoms with Crippen LogP contribution in [0.1, 0.15) is 61.1 Å². The summed E-state index contributed by atoms with van der Waals surface area (Å²) in [6.07, 6.45) is 6.50. The van der Waals surface area contributed by atoms with Gasteiger partial charge in [0.25, 0.3) is 0 Å². The topological polar surface area (TPSA) is 32.3 Å². The first-order chi connectivity index (χ1) is 14.6. The Morgan fingerprint density at radius 3 is 2.53 bits per heavy atom. The largest absolute Gasteiger partial charge is 0.356 e. The highest BCUT2D eigenvalue weighted by molar-refractivity contribution is 5.77. The summed E-state index contributed by atoms with van der Waals surface area (Å²) in [6, 6.07) is 15.7. The second kappa shape index (κ2) is 8.14. The van der Waals surface area contributed by atoms with Gasteiger partial charge in [0, 0.05) is 19.5 Å². The van der Waals surface area contributed by atoms with Crippen LogP contribution < -0.4 is 5.32 Å². The first-order valence-corrected chi connectivity index (χ1v) is 11.4. The number of carbonyl (C=O) groups excluding carboxylic acids is 1. The number of piperidine rings is 1. The van der Waals surface area contributed by atoms with E-state index < -0.39 is 0 Å². The van der Waals surface area contributed by atoms with E-state index in [-0.39, 0.29) is 17.1 Å². The molecule has 0 aromatic heterocycles. The maximum absolute atomic E-state index is 13.2. The Morgan fingerprint density at radius 1 is 1.07 bits per heavy atom. The number of halogens is 1. The van der Waals surface area contributed by atoms with Crippen LogP contribution >= 0.6 is 0 Å². The fraction of sp³-hybridized carbons (Fsp3) is 0.500. The second-order valence-electron chi connectivity index (χ2n) is 9.62. The minimum atomic E-state index is -0.175. The summed E-state index contributed by atoms with van der Waals surface area (Å²) in [5.74, 6) is 1.10. The molecule has 0 unspecified atom stereocenters. The summed E-state index contributed by atoms with van der Waals surface area (Å²) in [6.45, 7) is 3.83. The number of rotatable bonds is 6. The molecule has 4 heteroatoms. The van der Waals surface area contributed by atoms with E-state index in [0.29, 0.717) is 12.3 Å². The average molecular weight is 407 g/mol. The number of hydrogen-bond donors (Lipinski definition) is 1. The van der Waals surface area contributed by atoms with Crippen molar-refractivity contribution in [2.75, 3.05) is 19.6 Å². The Bertz CT molecular complexity index is 898. The second-order valence-corrected chi connectivity index (χ2v) is 9.62. The molecule has 3 nitrogen and oxygen atoms in total. The highest BCUT2D eigenvalue weighted by Gasteiger charge is 2.45. The van der Waals surface area contributed by atoms with Gasteiger partial charge in [-0.2, -0.15) is 0 Å². The lowest BCUT2D eigenvalue weighted by Gasteiger charge is -2.40. The van der Waals surface area contributed by atoms with Crippen molar-refractivity contribution in [3.8, 4) is 0 Å². The van der Waals surface area contributed by atoms with Crippen LogP contribution in [-0.4, -0.2) is 30.4 Å². The number of hydrogen-bond acceptors (Lipinski definition) is 2. The molecule has 1 saturated heterocycles. The molecule has 1 N–H and O–H groups in total. The maximum Gasteiger partial charge on any atom is 0.220 e. The van der Waals surface area contributed by atoms with Crippen molar-refractivity contribution in [2.24, 2.45) is 5.92 Å². The lowest BCUT2D eigenvalue weighted by molar-refractivity contribution is -0.121. The van der Waals surface area contributed by atoms with E-state index in [2.05, 4.69) is 34.5 Å². The van der Waals surface area contributed by atoms with Crippen LogP contribution in [0.25, 0.3) is 0 Å². The third-order valence-corrected chi connectivity index (χ3v) is 7.46. The van der Waals surface area contributed by atoms with Crippen LogP contribution in [0.4, 0.5) is 4.39 Å². The molecule has 1 spiro atoms. The number of nitrogens with one attached hydrogen (secondary N) is 1. The summed E-state index contributed by atoms with van der Waals surface area (Å²) in [5.41, 5.74) is 4.25. The van der Waals surface area contributed by atoms with E-state index in [1.807, 2.05) is 12.1 Å². The van der Waals surface area contributed by atoms with Crippen LogP contribution in [-0.2, 0) is 16.8 Å². The minimum Gasteiger partial charge on any atom is -0.356 e. The number of amides is 1. The van der Waals surface area contributed by atoms with Gasteiger partial charge in [0.05, 0.1) is 0 Å². The highest BCUT2D eigenvalue weighted by Crippen LogP contribution is 2.52. The van der Waals surface area contributed by atoms with Gasteiger partial charge in [-0.25, -0.2) is 4.39 Å². The number of carbonyl (C=O) groups is 1. The predicted octanol–water partition coefficient (Wildman–Crippen LogP) is 4.76. The van der Waals surface area contributed by atoms with Gasteiger partial charge in [-0.05, 0) is 91.3 Å². The standard InChI is InChI=1S/C26H31FN2O/c27-22-9-7-20(8-10-22)18-29-13-11-26(12-14-29)16-21(23-3-1-2-4-24(23)26)15-25(30)28-17-19-5-6-19/h1-4,7-10,19,21H,5-6,11-18H2,(H,28,30)/t21-/m1/s1. The van der Waals surface area contributed by atoms with E-state index in [4.69, 9.17) is 0 Å². The monoisotopic (exact) mass is 406 g/mol. The molecule has 0 bridgehead atoms. The van der Waals surface area contributed by atoms with Crippen LogP contribution in [0.3, 0.4) is 0 Å². The van der Waals surface area contributed by atoms with Gasteiger partial charge in [0.1, 0.15) is 5.82 Å². The first kappa shape index (κ1) is 19.7. The van der Waals surface area contributed by atoms with Gasteiger partial charge in [0.2, 0.25) is 5.91 Å². The van der Waals surface area contributed by atoms with Crippen molar-refractivity contribution < 1.29 is 9.18 Å². The fourth-order valence-corrected chi connectivity index (χ4v) is 5.55. The summed E-state index contributed by atoms with van der Waals surface area (Å²) >= 11 is 0. The molecule has 2 aromatic rings. The number of likely N-dealkylation sites (tertiary alicyclic amines) is 1. The fourth-order valence-electron chi connectivity index (χ4n) is 5.55. The van der Waals surface area contributed by atoms with Crippen LogP contribution in [0, 0.1) is 11.7 Å². The molecule has 1 atom stereocenters. The summed E-state index contributed by atoms with van der Waals surface area (Å²) < 4.78 is 13.2. The zero-order chi connectivity index (χ0) is 20.6. The zero-order valence-corrected chi connectivity index (χ0v) is 17.6. The molecular formula is C26H31FN2O. The third-order valence-electron chi connectivity index (χ3n) is 7.46. The maximum atomic E-state index is 13.2. The molecule has 3 aliphatic rings. The average Bonchev–Trinajstić information content (AvgIpc) is 3.55. The van der Waals surface area contributed by atoms with Crippen molar-refractivity contribution in [1.82, 2.24) is 10.2 Å². The highest BCUT2D eigenvalue weighted by atomic mass is 19.1. The molecule has 1 amide bonds. The SMILES string of the molecule is O=C(C[C@@H]1CC2(CCN(Cc3ccc(F)cc3)CC2)c2ccccc21)NCC1CC1. The molecule has 0 radical (unpaired) electrons. The molecule has 1 aliphatic heterocycles. The van der Waals surface area contributed by atoms with Crippen molar-refractivity contribution in [3.63, 3.8) is 0 Å². The minimum absolute atomic E-state index is 0.175. The molecule has 2 fully saturated rings. The van der Waals surface area contributed by atoms with Crippen LogP contribution in [0.15, 0.2) is 48.5 Å². The van der Waals surface area contributed by atoms with E-state index in [1.54, 1.807) is 12.1 Å². The van der Waals surface area contributed by atoms with Crippen LogP contribution in [0.5, 0.6) is 0 Å². The van der Waals surface area contributed by atoms with Gasteiger partial charge in [-0.3, -0.25) is 9.69 Å². The van der Waals surface area contributed by atoms with E-state index in [9.17, 15) is 9.18 Å². The van der Waals surface area contributed by atoms with Crippen molar-refractivity contribution >= 4 is 5.91 Å². The summed E-state index contributed by atoms with van der Waals surface area (Å²) in [4.78, 5) is 15.0. The van der Waals surface area contributed by atoms with Gasteiger partial charge in [0.15, 0.2) is 0 Å². The molecule has 5 rings (SSSR count). The van der Waals surface area contributed by atoms with Gasteiger partial charge in [-0.1, -0.05) is 36.4 Å². The van der Waals surface area contributed by atoms with Crippen molar-refractivity contribution in [1.29, 1.82) is 0 Å². The van der Waals surface area contributed by atoms with Crippen LogP contribution in [0.2, 0.25) is 0 Å². The summed E-state index contributed by atoms with van der Waals surface area (Å²) in [5, 5.41) is 3.16. The molecular weight excluding hydrogens is 375 g/mol. The number of benzene rings is 2.